The van der Waals surface area contributed by atoms with E-state index in [1.165, 1.54) is 11.6 Å². The molecule has 3 aromatic rings. The van der Waals surface area contributed by atoms with Gasteiger partial charge in [0.25, 0.3) is 5.91 Å². The van der Waals surface area contributed by atoms with Crippen molar-refractivity contribution in [3.63, 3.8) is 0 Å². The number of ether oxygens (including phenoxy) is 1. The Kier molecular flexibility index (Phi) is 7.07. The topological polar surface area (TPSA) is 53.3 Å². The first kappa shape index (κ1) is 19.9. The van der Waals surface area contributed by atoms with Gasteiger partial charge in [0.05, 0.1) is 23.2 Å². The van der Waals surface area contributed by atoms with E-state index in [2.05, 4.69) is 12.1 Å². The second-order valence-electron chi connectivity index (χ2n) is 6.18. The summed E-state index contributed by atoms with van der Waals surface area (Å²) < 4.78 is 5.62. The van der Waals surface area contributed by atoms with Crippen LogP contribution in [-0.2, 0) is 17.8 Å². The summed E-state index contributed by atoms with van der Waals surface area (Å²) in [6.07, 6.45) is 0.773. The quantitative estimate of drug-likeness (QED) is 0.529. The molecule has 28 heavy (non-hydrogen) atoms. The third-order valence-electron chi connectivity index (χ3n) is 4.20. The summed E-state index contributed by atoms with van der Waals surface area (Å²) in [7, 11) is 0. The van der Waals surface area contributed by atoms with Gasteiger partial charge >= 0.3 is 0 Å². The molecule has 142 valence electrons. The second kappa shape index (κ2) is 9.93. The van der Waals surface area contributed by atoms with Crippen molar-refractivity contribution in [2.24, 2.45) is 0 Å². The van der Waals surface area contributed by atoms with Crippen LogP contribution in [0.4, 0.5) is 0 Å². The van der Waals surface area contributed by atoms with Crippen molar-refractivity contribution in [1.82, 2.24) is 4.90 Å². The Bertz CT molecular complexity index is 952. The molecule has 0 radical (unpaired) electrons. The van der Waals surface area contributed by atoms with Crippen molar-refractivity contribution >= 4 is 28.8 Å². The number of carbonyl (C=O) groups is 1. The standard InChI is InChI=1S/C22H19ClN2O2S/c23-20-13-18(14-24)8-9-21(20)27-16-22(26)25(15-19-7-4-12-28-19)11-10-17-5-2-1-3-6-17/h1-9,12-13H,10-11,15-16H2. The van der Waals surface area contributed by atoms with Gasteiger partial charge in [-0.05, 0) is 41.6 Å². The molecule has 4 nitrogen and oxygen atoms in total. The Morgan fingerprint density at radius 2 is 1.96 bits per heavy atom. The highest BCUT2D eigenvalue weighted by Gasteiger charge is 2.16. The van der Waals surface area contributed by atoms with Crippen LogP contribution in [0.3, 0.4) is 0 Å². The summed E-state index contributed by atoms with van der Waals surface area (Å²) in [5.74, 6) is 0.290. The normalized spacial score (nSPS) is 10.3. The zero-order valence-electron chi connectivity index (χ0n) is 15.2. The van der Waals surface area contributed by atoms with Crippen LogP contribution >= 0.6 is 22.9 Å². The van der Waals surface area contributed by atoms with Gasteiger partial charge in [-0.3, -0.25) is 4.79 Å². The number of hydrogen-bond donors (Lipinski definition) is 0. The third-order valence-corrected chi connectivity index (χ3v) is 5.36. The molecule has 1 aromatic heterocycles. The van der Waals surface area contributed by atoms with Gasteiger partial charge < -0.3 is 9.64 Å². The number of thiophene rings is 1. The number of rotatable bonds is 8. The lowest BCUT2D eigenvalue weighted by Gasteiger charge is -2.22. The lowest BCUT2D eigenvalue weighted by Crippen LogP contribution is -2.35. The Balaban J connectivity index is 1.64. The summed E-state index contributed by atoms with van der Waals surface area (Å²) in [4.78, 5) is 15.7. The first-order valence-electron chi connectivity index (χ1n) is 8.82. The van der Waals surface area contributed by atoms with Crippen molar-refractivity contribution in [2.45, 2.75) is 13.0 Å². The third kappa shape index (κ3) is 5.59. The van der Waals surface area contributed by atoms with Gasteiger partial charge in [-0.2, -0.15) is 5.26 Å². The summed E-state index contributed by atoms with van der Waals surface area (Å²) in [6, 6.07) is 20.9. The fourth-order valence-corrected chi connectivity index (χ4v) is 3.66. The van der Waals surface area contributed by atoms with E-state index < -0.39 is 0 Å². The summed E-state index contributed by atoms with van der Waals surface area (Å²) in [6.45, 7) is 1.05. The van der Waals surface area contributed by atoms with E-state index in [9.17, 15) is 4.79 Å². The van der Waals surface area contributed by atoms with Gasteiger partial charge in [-0.25, -0.2) is 0 Å². The average molecular weight is 411 g/mol. The molecular weight excluding hydrogens is 392 g/mol. The SMILES string of the molecule is N#Cc1ccc(OCC(=O)N(CCc2ccccc2)Cc2cccs2)c(Cl)c1. The maximum absolute atomic E-state index is 12.8. The van der Waals surface area contributed by atoms with E-state index in [0.717, 1.165) is 11.3 Å². The predicted molar refractivity (Wildman–Crippen MR) is 112 cm³/mol. The maximum Gasteiger partial charge on any atom is 0.260 e. The molecule has 1 amide bonds. The Labute approximate surface area is 173 Å². The van der Waals surface area contributed by atoms with Gasteiger partial charge in [0.1, 0.15) is 5.75 Å². The lowest BCUT2D eigenvalue weighted by molar-refractivity contribution is -0.133. The second-order valence-corrected chi connectivity index (χ2v) is 7.62. The highest BCUT2D eigenvalue weighted by atomic mass is 35.5. The number of benzene rings is 2. The molecule has 0 aliphatic rings. The monoisotopic (exact) mass is 410 g/mol. The number of amides is 1. The number of nitriles is 1. The van der Waals surface area contributed by atoms with Crippen molar-refractivity contribution in [3.05, 3.63) is 87.1 Å². The minimum absolute atomic E-state index is 0.105. The highest BCUT2D eigenvalue weighted by molar-refractivity contribution is 7.09. The number of hydrogen-bond acceptors (Lipinski definition) is 4. The van der Waals surface area contributed by atoms with E-state index in [-0.39, 0.29) is 12.5 Å². The maximum atomic E-state index is 12.8. The molecule has 2 aromatic carbocycles. The first-order valence-corrected chi connectivity index (χ1v) is 10.1. The van der Waals surface area contributed by atoms with Crippen molar-refractivity contribution < 1.29 is 9.53 Å². The van der Waals surface area contributed by atoms with Crippen LogP contribution in [-0.4, -0.2) is 24.0 Å². The Morgan fingerprint density at radius 3 is 2.64 bits per heavy atom. The minimum Gasteiger partial charge on any atom is -0.482 e. The van der Waals surface area contributed by atoms with Crippen LogP contribution in [0.5, 0.6) is 5.75 Å². The molecule has 0 N–H and O–H groups in total. The van der Waals surface area contributed by atoms with Gasteiger partial charge in [0, 0.05) is 11.4 Å². The predicted octanol–water partition coefficient (Wildman–Crippen LogP) is 4.92. The number of carbonyl (C=O) groups excluding carboxylic acids is 1. The van der Waals surface area contributed by atoms with Crippen LogP contribution in [0, 0.1) is 11.3 Å². The molecule has 0 aliphatic heterocycles. The number of nitrogens with zero attached hydrogens (tertiary/aromatic N) is 2. The van der Waals surface area contributed by atoms with Gasteiger partial charge in [0.2, 0.25) is 0 Å². The van der Waals surface area contributed by atoms with Gasteiger partial charge in [-0.1, -0.05) is 48.0 Å². The molecule has 1 heterocycles. The summed E-state index contributed by atoms with van der Waals surface area (Å²) >= 11 is 7.75. The fraction of sp³-hybridized carbons (Fsp3) is 0.182. The van der Waals surface area contributed by atoms with Crippen molar-refractivity contribution in [2.75, 3.05) is 13.2 Å². The van der Waals surface area contributed by atoms with Crippen LogP contribution in [0.15, 0.2) is 66.0 Å². The van der Waals surface area contributed by atoms with E-state index >= 15 is 0 Å². The van der Waals surface area contributed by atoms with Crippen molar-refractivity contribution in [3.8, 4) is 11.8 Å². The molecule has 0 atom stereocenters. The fourth-order valence-electron chi connectivity index (χ4n) is 2.71. The number of halogens is 1. The van der Waals surface area contributed by atoms with E-state index in [1.807, 2.05) is 41.8 Å². The smallest absolute Gasteiger partial charge is 0.260 e. The molecule has 0 unspecified atom stereocenters. The average Bonchev–Trinajstić information content (AvgIpc) is 3.23. The molecular formula is C22H19ClN2O2S. The lowest BCUT2D eigenvalue weighted by atomic mass is 10.1. The largest absolute Gasteiger partial charge is 0.482 e. The van der Waals surface area contributed by atoms with Crippen LogP contribution < -0.4 is 4.74 Å². The zero-order chi connectivity index (χ0) is 19.8. The highest BCUT2D eigenvalue weighted by Crippen LogP contribution is 2.25. The Morgan fingerprint density at radius 1 is 1.14 bits per heavy atom. The molecule has 0 bridgehead atoms. The summed E-state index contributed by atoms with van der Waals surface area (Å²) in [5, 5.41) is 11.2. The van der Waals surface area contributed by atoms with E-state index in [0.29, 0.717) is 29.4 Å². The van der Waals surface area contributed by atoms with Gasteiger partial charge in [0.15, 0.2) is 6.61 Å². The minimum atomic E-state index is -0.107. The first-order chi connectivity index (χ1) is 13.7. The van der Waals surface area contributed by atoms with Crippen LogP contribution in [0.2, 0.25) is 5.02 Å². The summed E-state index contributed by atoms with van der Waals surface area (Å²) in [5.41, 5.74) is 1.63. The molecule has 6 heteroatoms. The molecule has 0 fully saturated rings. The van der Waals surface area contributed by atoms with Crippen molar-refractivity contribution in [1.29, 1.82) is 5.26 Å². The molecule has 0 saturated carbocycles. The van der Waals surface area contributed by atoms with Crippen LogP contribution in [0.25, 0.3) is 0 Å². The molecule has 0 spiro atoms. The zero-order valence-corrected chi connectivity index (χ0v) is 16.7. The molecule has 3 rings (SSSR count). The van der Waals surface area contributed by atoms with E-state index in [1.54, 1.807) is 28.4 Å². The van der Waals surface area contributed by atoms with E-state index in [4.69, 9.17) is 21.6 Å². The molecule has 0 saturated heterocycles. The van der Waals surface area contributed by atoms with Gasteiger partial charge in [-0.15, -0.1) is 11.3 Å². The molecule has 0 aliphatic carbocycles. The van der Waals surface area contributed by atoms with Crippen LogP contribution in [0.1, 0.15) is 16.0 Å². The Hall–Kier alpha value is -2.81.